The van der Waals surface area contributed by atoms with Gasteiger partial charge in [-0.15, -0.1) is 0 Å². The van der Waals surface area contributed by atoms with Gasteiger partial charge in [0.15, 0.2) is 5.11 Å². The summed E-state index contributed by atoms with van der Waals surface area (Å²) >= 11 is 5.78. The molecular formula is C32H38N4O5S. The highest BCUT2D eigenvalue weighted by Gasteiger charge is 2.33. The summed E-state index contributed by atoms with van der Waals surface area (Å²) in [5.41, 5.74) is 2.38. The molecule has 0 spiro atoms. The Kier molecular flexibility index (Phi) is 10.0. The van der Waals surface area contributed by atoms with Crippen molar-refractivity contribution in [1.29, 1.82) is 0 Å². The summed E-state index contributed by atoms with van der Waals surface area (Å²) in [6, 6.07) is 18.2. The number of amides is 2. The third-order valence-corrected chi connectivity index (χ3v) is 7.19. The van der Waals surface area contributed by atoms with Gasteiger partial charge in [0.1, 0.15) is 11.3 Å². The molecule has 10 heteroatoms. The van der Waals surface area contributed by atoms with Crippen LogP contribution in [-0.4, -0.2) is 51.7 Å². The van der Waals surface area contributed by atoms with E-state index in [0.29, 0.717) is 17.8 Å². The Morgan fingerprint density at radius 2 is 1.76 bits per heavy atom. The summed E-state index contributed by atoms with van der Waals surface area (Å²) in [4.78, 5) is 45.6. The lowest BCUT2D eigenvalue weighted by atomic mass is 9.92. The van der Waals surface area contributed by atoms with Crippen LogP contribution in [0.1, 0.15) is 85.0 Å². The molecule has 1 unspecified atom stereocenters. The molecule has 1 saturated heterocycles. The maximum absolute atomic E-state index is 13.2. The monoisotopic (exact) mass is 590 g/mol. The highest BCUT2D eigenvalue weighted by Crippen LogP contribution is 2.35. The number of anilines is 1. The van der Waals surface area contributed by atoms with Gasteiger partial charge in [0, 0.05) is 18.3 Å². The standard InChI is InChI=1S/C32H38N4O5S/c1-5-40-29(38)27-26(18-19-33-27)36(30(42)34-28(37)22-13-7-6-8-14-22)21-23-15-9-10-16-24(23)25-17-11-12-20-35(25)31(39)41-32(2,3)4/h6-10,13-16,18-19,25,33H,5,11-12,17,20-21H2,1-4H3,(H,34,37,42). The number of hydrogen-bond acceptors (Lipinski definition) is 6. The molecule has 0 radical (unpaired) electrons. The number of H-pyrrole nitrogens is 1. The lowest BCUT2D eigenvalue weighted by Crippen LogP contribution is -2.44. The normalized spacial score (nSPS) is 15.0. The van der Waals surface area contributed by atoms with Crippen LogP contribution in [0.25, 0.3) is 0 Å². The van der Waals surface area contributed by atoms with Crippen molar-refractivity contribution in [3.63, 3.8) is 0 Å². The number of ether oxygens (including phenoxy) is 2. The Labute approximate surface area is 252 Å². The summed E-state index contributed by atoms with van der Waals surface area (Å²) < 4.78 is 11.0. The number of nitrogens with zero attached hydrogens (tertiary/aromatic N) is 2. The van der Waals surface area contributed by atoms with Crippen LogP contribution in [0.5, 0.6) is 0 Å². The molecule has 0 saturated carbocycles. The molecule has 2 aromatic carbocycles. The van der Waals surface area contributed by atoms with Crippen molar-refractivity contribution < 1.29 is 23.9 Å². The molecule has 4 rings (SSSR count). The van der Waals surface area contributed by atoms with Crippen molar-refractivity contribution in [3.8, 4) is 0 Å². The van der Waals surface area contributed by atoms with E-state index in [1.807, 2.05) is 51.1 Å². The number of esters is 1. The van der Waals surface area contributed by atoms with Gasteiger partial charge in [0.25, 0.3) is 5.91 Å². The predicted octanol–water partition coefficient (Wildman–Crippen LogP) is 6.38. The topological polar surface area (TPSA) is 104 Å². The maximum atomic E-state index is 13.2. The molecule has 1 aromatic heterocycles. The fraction of sp³-hybridized carbons (Fsp3) is 0.375. The lowest BCUT2D eigenvalue weighted by Gasteiger charge is -2.38. The molecule has 1 atom stereocenters. The second-order valence-corrected chi connectivity index (χ2v) is 11.4. The zero-order valence-corrected chi connectivity index (χ0v) is 25.3. The van der Waals surface area contributed by atoms with E-state index in [4.69, 9.17) is 21.7 Å². The van der Waals surface area contributed by atoms with Crippen molar-refractivity contribution in [2.45, 2.75) is 65.1 Å². The van der Waals surface area contributed by atoms with Crippen molar-refractivity contribution in [1.82, 2.24) is 15.2 Å². The van der Waals surface area contributed by atoms with Crippen LogP contribution in [0.15, 0.2) is 66.9 Å². The van der Waals surface area contributed by atoms with Crippen molar-refractivity contribution >= 4 is 41.0 Å². The van der Waals surface area contributed by atoms with Crippen molar-refractivity contribution in [2.75, 3.05) is 18.1 Å². The molecule has 42 heavy (non-hydrogen) atoms. The molecule has 0 bridgehead atoms. The van der Waals surface area contributed by atoms with E-state index in [-0.39, 0.29) is 42.0 Å². The number of aromatic amines is 1. The van der Waals surface area contributed by atoms with E-state index >= 15 is 0 Å². The molecule has 222 valence electrons. The van der Waals surface area contributed by atoms with Crippen LogP contribution < -0.4 is 10.2 Å². The van der Waals surface area contributed by atoms with Crippen LogP contribution in [0.2, 0.25) is 0 Å². The van der Waals surface area contributed by atoms with Gasteiger partial charge in [-0.2, -0.15) is 0 Å². The second-order valence-electron chi connectivity index (χ2n) is 11.1. The number of likely N-dealkylation sites (tertiary alicyclic amines) is 1. The van der Waals surface area contributed by atoms with Gasteiger partial charge < -0.3 is 24.3 Å². The molecule has 2 N–H and O–H groups in total. The Morgan fingerprint density at radius 3 is 2.48 bits per heavy atom. The van der Waals surface area contributed by atoms with E-state index in [2.05, 4.69) is 10.3 Å². The predicted molar refractivity (Wildman–Crippen MR) is 165 cm³/mol. The first-order chi connectivity index (χ1) is 20.1. The summed E-state index contributed by atoms with van der Waals surface area (Å²) in [6.07, 6.45) is 3.93. The summed E-state index contributed by atoms with van der Waals surface area (Å²) in [5, 5.41) is 2.94. The molecule has 2 heterocycles. The van der Waals surface area contributed by atoms with Crippen molar-refractivity contribution in [2.24, 2.45) is 0 Å². The van der Waals surface area contributed by atoms with E-state index in [0.717, 1.165) is 30.4 Å². The third-order valence-electron chi connectivity index (χ3n) is 6.87. The average Bonchev–Trinajstić information content (AvgIpc) is 3.45. The number of thiocarbonyl (C=S) groups is 1. The molecule has 1 aliphatic rings. The number of nitrogens with one attached hydrogen (secondary N) is 2. The summed E-state index contributed by atoms with van der Waals surface area (Å²) in [5.74, 6) is -0.896. The molecule has 1 fully saturated rings. The number of carbonyl (C=O) groups is 3. The van der Waals surface area contributed by atoms with Gasteiger partial charge in [-0.3, -0.25) is 10.1 Å². The van der Waals surface area contributed by atoms with Gasteiger partial charge >= 0.3 is 12.1 Å². The zero-order valence-electron chi connectivity index (χ0n) is 24.5. The number of aromatic nitrogens is 1. The lowest BCUT2D eigenvalue weighted by molar-refractivity contribution is 0.00939. The van der Waals surface area contributed by atoms with Crippen LogP contribution in [-0.2, 0) is 16.0 Å². The third kappa shape index (κ3) is 7.55. The number of rotatable bonds is 7. The molecule has 2 amide bonds. The molecule has 1 aliphatic heterocycles. The number of carbonyl (C=O) groups excluding carboxylic acids is 3. The van der Waals surface area contributed by atoms with E-state index in [1.54, 1.807) is 53.3 Å². The Bertz CT molecular complexity index is 1420. The fourth-order valence-corrected chi connectivity index (χ4v) is 5.27. The van der Waals surface area contributed by atoms with Crippen LogP contribution in [0.3, 0.4) is 0 Å². The first kappa shape index (κ1) is 30.8. The average molecular weight is 591 g/mol. The van der Waals surface area contributed by atoms with Gasteiger partial charge in [0.05, 0.1) is 24.9 Å². The first-order valence-electron chi connectivity index (χ1n) is 14.2. The van der Waals surface area contributed by atoms with Gasteiger partial charge in [-0.25, -0.2) is 9.59 Å². The number of hydrogen-bond donors (Lipinski definition) is 2. The molecule has 9 nitrogen and oxygen atoms in total. The summed E-state index contributed by atoms with van der Waals surface area (Å²) in [6.45, 7) is 8.34. The first-order valence-corrected chi connectivity index (χ1v) is 14.6. The minimum absolute atomic E-state index is 0.122. The molecule has 0 aliphatic carbocycles. The van der Waals surface area contributed by atoms with E-state index in [9.17, 15) is 14.4 Å². The largest absolute Gasteiger partial charge is 0.461 e. The van der Waals surface area contributed by atoms with E-state index < -0.39 is 11.6 Å². The van der Waals surface area contributed by atoms with Crippen molar-refractivity contribution in [3.05, 3.63) is 89.2 Å². The Hall–Kier alpha value is -4.18. The number of piperidine rings is 1. The molecule has 3 aromatic rings. The minimum atomic E-state index is -0.615. The van der Waals surface area contributed by atoms with E-state index in [1.165, 1.54) is 0 Å². The highest BCUT2D eigenvalue weighted by molar-refractivity contribution is 7.80. The highest BCUT2D eigenvalue weighted by atomic mass is 32.1. The van der Waals surface area contributed by atoms with Crippen LogP contribution >= 0.6 is 12.2 Å². The van der Waals surface area contributed by atoms with Crippen LogP contribution in [0, 0.1) is 0 Å². The Morgan fingerprint density at radius 1 is 1.05 bits per heavy atom. The smallest absolute Gasteiger partial charge is 0.410 e. The van der Waals surface area contributed by atoms with Gasteiger partial charge in [-0.1, -0.05) is 42.5 Å². The SMILES string of the molecule is CCOC(=O)c1[nH]ccc1N(Cc1ccccc1C1CCCCN1C(=O)OC(C)(C)C)C(=S)NC(=O)c1ccccc1. The fourth-order valence-electron chi connectivity index (χ4n) is 5.01. The molecular weight excluding hydrogens is 552 g/mol. The quantitative estimate of drug-likeness (QED) is 0.243. The Balaban J connectivity index is 1.70. The second kappa shape index (κ2) is 13.7. The number of benzene rings is 2. The van der Waals surface area contributed by atoms with Crippen LogP contribution in [0.4, 0.5) is 10.5 Å². The minimum Gasteiger partial charge on any atom is -0.461 e. The van der Waals surface area contributed by atoms with Gasteiger partial charge in [-0.05, 0) is 88.5 Å². The maximum Gasteiger partial charge on any atom is 0.410 e. The zero-order chi connectivity index (χ0) is 30.3. The summed E-state index contributed by atoms with van der Waals surface area (Å²) in [7, 11) is 0. The van der Waals surface area contributed by atoms with Gasteiger partial charge in [0.2, 0.25) is 0 Å².